The van der Waals surface area contributed by atoms with Crippen LogP contribution in [-0.4, -0.2) is 10.8 Å². The first-order valence-corrected chi connectivity index (χ1v) is 13.8. The predicted molar refractivity (Wildman–Crippen MR) is 124 cm³/mol. The summed E-state index contributed by atoms with van der Waals surface area (Å²) in [6.07, 6.45) is -4.30. The van der Waals surface area contributed by atoms with E-state index in [0.717, 1.165) is 43.0 Å². The van der Waals surface area contributed by atoms with Crippen LogP contribution in [0.5, 0.6) is 0 Å². The van der Waals surface area contributed by atoms with Crippen molar-refractivity contribution >= 4 is 68.9 Å². The molecule has 29 heavy (non-hydrogen) atoms. The van der Waals surface area contributed by atoms with Crippen LogP contribution < -0.4 is 0 Å². The second kappa shape index (κ2) is 7.46. The molecule has 0 aromatic carbocycles. The Morgan fingerprint density at radius 3 is 1.10 bits per heavy atom. The minimum absolute atomic E-state index is 0.851. The fourth-order valence-corrected chi connectivity index (χ4v) is 12.6. The molecule has 1 aliphatic rings. The summed E-state index contributed by atoms with van der Waals surface area (Å²) in [5.41, 5.74) is 0. The van der Waals surface area contributed by atoms with Crippen LogP contribution in [0, 0.1) is 0 Å². The average molecular weight is 503 g/mol. The van der Waals surface area contributed by atoms with Gasteiger partial charge in [0.2, 0.25) is 0 Å². The van der Waals surface area contributed by atoms with E-state index in [4.69, 9.17) is 0 Å². The lowest BCUT2D eigenvalue weighted by molar-refractivity contribution is -0.112. The lowest BCUT2D eigenvalue weighted by Gasteiger charge is -2.42. The zero-order valence-electron chi connectivity index (χ0n) is 14.6. The van der Waals surface area contributed by atoms with Crippen molar-refractivity contribution in [2.75, 3.05) is 0 Å². The topological polar surface area (TPSA) is 0 Å². The van der Waals surface area contributed by atoms with Crippen LogP contribution in [-0.2, 0) is 9.49 Å². The number of thioether (sulfide) groups is 2. The van der Waals surface area contributed by atoms with E-state index in [1.165, 1.54) is 0 Å². The third-order valence-electron chi connectivity index (χ3n) is 4.80. The number of thiophene rings is 4. The Labute approximate surface area is 190 Å². The second-order valence-electron chi connectivity index (χ2n) is 6.38. The number of rotatable bonds is 4. The van der Waals surface area contributed by atoms with E-state index >= 15 is 0 Å². The molecule has 0 N–H and O–H groups in total. The van der Waals surface area contributed by atoms with Gasteiger partial charge < -0.3 is 0 Å². The van der Waals surface area contributed by atoms with Crippen LogP contribution in [0.3, 0.4) is 0 Å². The molecule has 0 radical (unpaired) electrons. The molecule has 0 spiro atoms. The first-order chi connectivity index (χ1) is 14.0. The highest BCUT2D eigenvalue weighted by Gasteiger charge is 2.69. The number of hydrogen-bond donors (Lipinski definition) is 0. The SMILES string of the molecule is FC(F)(F)C1SC(c2cccs2)(c2cccs2)C(c2cccs2)(c2cccs2)S1. The quantitative estimate of drug-likeness (QED) is 0.274. The molecule has 4 aromatic rings. The highest BCUT2D eigenvalue weighted by atomic mass is 32.2. The molecule has 150 valence electrons. The van der Waals surface area contributed by atoms with Crippen LogP contribution in [0.1, 0.15) is 19.5 Å². The largest absolute Gasteiger partial charge is 0.409 e. The van der Waals surface area contributed by atoms with Crippen LogP contribution >= 0.6 is 68.9 Å². The van der Waals surface area contributed by atoms with Crippen molar-refractivity contribution in [3.8, 4) is 0 Å². The van der Waals surface area contributed by atoms with Crippen molar-refractivity contribution < 1.29 is 13.2 Å². The summed E-state index contributed by atoms with van der Waals surface area (Å²) >= 11 is 8.28. The predicted octanol–water partition coefficient (Wildman–Crippen LogP) is 8.49. The summed E-state index contributed by atoms with van der Waals surface area (Å²) in [4.78, 5) is 3.86. The third-order valence-corrected chi connectivity index (χ3v) is 13.1. The van der Waals surface area contributed by atoms with Gasteiger partial charge in [0.25, 0.3) is 0 Å². The average Bonchev–Trinajstić information content (AvgIpc) is 3.53. The second-order valence-corrected chi connectivity index (χ2v) is 13.1. The van der Waals surface area contributed by atoms with Crippen molar-refractivity contribution in [3.05, 3.63) is 89.6 Å². The molecular formula is C20H13F3S6. The first-order valence-electron chi connectivity index (χ1n) is 8.57. The molecule has 9 heteroatoms. The maximum atomic E-state index is 14.2. The van der Waals surface area contributed by atoms with E-state index < -0.39 is 20.3 Å². The van der Waals surface area contributed by atoms with Crippen molar-refractivity contribution in [1.82, 2.24) is 0 Å². The van der Waals surface area contributed by atoms with E-state index in [-0.39, 0.29) is 0 Å². The molecule has 1 saturated heterocycles. The zero-order chi connectivity index (χ0) is 20.1. The summed E-state index contributed by atoms with van der Waals surface area (Å²) in [6, 6.07) is 15.7. The van der Waals surface area contributed by atoms with Gasteiger partial charge in [-0.1, -0.05) is 24.3 Å². The standard InChI is InChI=1S/C20H13F3S6/c21-20(22,23)17-28-18(13-5-1-9-24-13,14-6-2-10-25-14)19(29-17,15-7-3-11-26-15)16-8-4-12-27-16/h1-12,17H. The van der Waals surface area contributed by atoms with Gasteiger partial charge in [-0.15, -0.1) is 68.9 Å². The van der Waals surface area contributed by atoms with Crippen LogP contribution in [0.15, 0.2) is 70.1 Å². The van der Waals surface area contributed by atoms with Gasteiger partial charge >= 0.3 is 6.18 Å². The van der Waals surface area contributed by atoms with Gasteiger partial charge in [-0.05, 0) is 45.8 Å². The summed E-state index contributed by atoms with van der Waals surface area (Å²) in [5.74, 6) is 0. The maximum Gasteiger partial charge on any atom is 0.409 e. The van der Waals surface area contributed by atoms with Gasteiger partial charge in [-0.2, -0.15) is 13.2 Å². The summed E-state index contributed by atoms with van der Waals surface area (Å²) < 4.78 is 39.3. The Morgan fingerprint density at radius 1 is 0.586 bits per heavy atom. The first kappa shape index (κ1) is 20.2. The lowest BCUT2D eigenvalue weighted by atomic mass is 9.84. The molecule has 1 fully saturated rings. The van der Waals surface area contributed by atoms with E-state index in [1.54, 1.807) is 45.3 Å². The number of hydrogen-bond acceptors (Lipinski definition) is 6. The van der Waals surface area contributed by atoms with E-state index in [2.05, 4.69) is 0 Å². The normalized spacial score (nSPS) is 19.0. The summed E-state index contributed by atoms with van der Waals surface area (Å²) in [6.45, 7) is 0. The minimum atomic E-state index is -4.30. The molecule has 0 nitrogen and oxygen atoms in total. The van der Waals surface area contributed by atoms with Gasteiger partial charge in [0, 0.05) is 19.5 Å². The fraction of sp³-hybridized carbons (Fsp3) is 0.200. The molecule has 4 aromatic heterocycles. The Morgan fingerprint density at radius 2 is 0.897 bits per heavy atom. The van der Waals surface area contributed by atoms with Gasteiger partial charge in [0.1, 0.15) is 14.1 Å². The van der Waals surface area contributed by atoms with Crippen molar-refractivity contribution in [1.29, 1.82) is 0 Å². The van der Waals surface area contributed by atoms with E-state index in [1.807, 2.05) is 70.1 Å². The Hall–Kier alpha value is -0.710. The molecular weight excluding hydrogens is 490 g/mol. The van der Waals surface area contributed by atoms with E-state index in [0.29, 0.717) is 0 Å². The molecule has 1 aliphatic heterocycles. The van der Waals surface area contributed by atoms with Gasteiger partial charge in [-0.25, -0.2) is 0 Å². The summed E-state index contributed by atoms with van der Waals surface area (Å²) in [5, 5.41) is 7.85. The molecule has 0 atom stereocenters. The highest BCUT2D eigenvalue weighted by molar-refractivity contribution is 8.21. The monoisotopic (exact) mass is 502 g/mol. The van der Waals surface area contributed by atoms with Crippen LogP contribution in [0.4, 0.5) is 13.2 Å². The molecule has 0 saturated carbocycles. The van der Waals surface area contributed by atoms with Crippen molar-refractivity contribution in [3.63, 3.8) is 0 Å². The van der Waals surface area contributed by atoms with Crippen molar-refractivity contribution in [2.24, 2.45) is 0 Å². The molecule has 0 bridgehead atoms. The smallest absolute Gasteiger partial charge is 0.169 e. The Kier molecular flexibility index (Phi) is 5.20. The Balaban J connectivity index is 1.89. The van der Waals surface area contributed by atoms with Crippen LogP contribution in [0.25, 0.3) is 0 Å². The van der Waals surface area contributed by atoms with Crippen LogP contribution in [0.2, 0.25) is 0 Å². The maximum absolute atomic E-state index is 14.2. The lowest BCUT2D eigenvalue weighted by Crippen LogP contribution is -2.41. The Bertz CT molecular complexity index is 898. The molecule has 0 amide bonds. The molecule has 0 aliphatic carbocycles. The molecule has 5 heterocycles. The number of halogens is 3. The summed E-state index contributed by atoms with van der Waals surface area (Å²) in [7, 11) is 0. The van der Waals surface area contributed by atoms with Gasteiger partial charge in [0.15, 0.2) is 0 Å². The van der Waals surface area contributed by atoms with E-state index in [9.17, 15) is 13.2 Å². The highest BCUT2D eigenvalue weighted by Crippen LogP contribution is 2.76. The number of alkyl halides is 3. The molecule has 5 rings (SSSR count). The van der Waals surface area contributed by atoms with Crippen molar-refractivity contribution in [2.45, 2.75) is 20.3 Å². The third kappa shape index (κ3) is 3.00. The zero-order valence-corrected chi connectivity index (χ0v) is 19.5. The minimum Gasteiger partial charge on any atom is -0.169 e. The van der Waals surface area contributed by atoms with Gasteiger partial charge in [-0.3, -0.25) is 0 Å². The molecule has 0 unspecified atom stereocenters. The van der Waals surface area contributed by atoms with Gasteiger partial charge in [0.05, 0.1) is 0 Å². The fourth-order valence-electron chi connectivity index (χ4n) is 3.73.